The molecule has 0 N–H and O–H groups in total. The monoisotopic (exact) mass is 306 g/mol. The summed E-state index contributed by atoms with van der Waals surface area (Å²) in [6.45, 7) is 5.31. The van der Waals surface area contributed by atoms with Crippen LogP contribution in [0, 0.1) is 5.41 Å². The molecule has 20 heavy (non-hydrogen) atoms. The molecule has 0 aromatic rings. The van der Waals surface area contributed by atoms with Crippen LogP contribution in [0.3, 0.4) is 0 Å². The van der Waals surface area contributed by atoms with Gasteiger partial charge in [-0.1, -0.05) is 26.2 Å². The molecule has 5 nitrogen and oxygen atoms in total. The van der Waals surface area contributed by atoms with E-state index in [4.69, 9.17) is 8.92 Å². The zero-order chi connectivity index (χ0) is 15.2. The second-order valence-corrected chi connectivity index (χ2v) is 7.71. The molecule has 0 unspecified atom stereocenters. The van der Waals surface area contributed by atoms with Gasteiger partial charge >= 0.3 is 5.97 Å². The Morgan fingerprint density at radius 1 is 1.20 bits per heavy atom. The van der Waals surface area contributed by atoms with Crippen LogP contribution in [0.5, 0.6) is 0 Å². The zero-order valence-electron chi connectivity index (χ0n) is 12.7. The first kappa shape index (κ1) is 17.4. The summed E-state index contributed by atoms with van der Waals surface area (Å²) in [5, 5.41) is 0. The standard InChI is InChI=1S/C14H26O5S/c1-4-14(2,3)13(15)18-10-11-20(16,17)19-12-8-6-5-7-9-12/h12H,4-11H2,1-3H3. The van der Waals surface area contributed by atoms with Crippen molar-refractivity contribution in [3.05, 3.63) is 0 Å². The third-order valence-electron chi connectivity index (χ3n) is 3.84. The van der Waals surface area contributed by atoms with Crippen molar-refractivity contribution in [2.45, 2.75) is 65.4 Å². The van der Waals surface area contributed by atoms with Crippen LogP contribution in [-0.4, -0.2) is 32.9 Å². The Bertz CT molecular complexity index is 407. The molecular formula is C14H26O5S. The van der Waals surface area contributed by atoms with Crippen LogP contribution in [-0.2, 0) is 23.8 Å². The van der Waals surface area contributed by atoms with Crippen LogP contribution in [0.25, 0.3) is 0 Å². The average Bonchev–Trinajstić information content (AvgIpc) is 2.38. The lowest BCUT2D eigenvalue weighted by Gasteiger charge is -2.22. The molecule has 1 saturated carbocycles. The van der Waals surface area contributed by atoms with Gasteiger partial charge < -0.3 is 4.74 Å². The van der Waals surface area contributed by atoms with Crippen molar-refractivity contribution < 1.29 is 22.1 Å². The lowest BCUT2D eigenvalue weighted by molar-refractivity contribution is -0.153. The highest BCUT2D eigenvalue weighted by atomic mass is 32.2. The van der Waals surface area contributed by atoms with E-state index in [0.29, 0.717) is 6.42 Å². The Morgan fingerprint density at radius 2 is 1.80 bits per heavy atom. The predicted octanol–water partition coefficient (Wildman–Crippen LogP) is 2.64. The summed E-state index contributed by atoms with van der Waals surface area (Å²) in [5.41, 5.74) is -0.575. The van der Waals surface area contributed by atoms with Gasteiger partial charge in [-0.2, -0.15) is 8.42 Å². The summed E-state index contributed by atoms with van der Waals surface area (Å²) in [7, 11) is -3.61. The number of rotatable bonds is 7. The van der Waals surface area contributed by atoms with Gasteiger partial charge in [0.25, 0.3) is 10.1 Å². The largest absolute Gasteiger partial charge is 0.464 e. The summed E-state index contributed by atoms with van der Waals surface area (Å²) in [6, 6.07) is 0. The van der Waals surface area contributed by atoms with E-state index in [1.54, 1.807) is 13.8 Å². The fourth-order valence-electron chi connectivity index (χ4n) is 1.99. The number of hydrogen-bond acceptors (Lipinski definition) is 5. The molecule has 0 saturated heterocycles. The fraction of sp³-hybridized carbons (Fsp3) is 0.929. The van der Waals surface area contributed by atoms with E-state index >= 15 is 0 Å². The highest BCUT2D eigenvalue weighted by Gasteiger charge is 2.28. The first-order valence-corrected chi connectivity index (χ1v) is 8.93. The van der Waals surface area contributed by atoms with Crippen molar-refractivity contribution in [1.29, 1.82) is 0 Å². The van der Waals surface area contributed by atoms with Gasteiger partial charge in [-0.25, -0.2) is 0 Å². The van der Waals surface area contributed by atoms with Gasteiger partial charge in [0.15, 0.2) is 0 Å². The molecule has 0 bridgehead atoms. The first-order chi connectivity index (χ1) is 9.27. The first-order valence-electron chi connectivity index (χ1n) is 7.35. The number of carbonyl (C=O) groups is 1. The normalized spacial score (nSPS) is 17.9. The molecular weight excluding hydrogens is 280 g/mol. The maximum absolute atomic E-state index is 11.8. The van der Waals surface area contributed by atoms with Gasteiger partial charge in [-0.05, 0) is 33.1 Å². The topological polar surface area (TPSA) is 69.7 Å². The van der Waals surface area contributed by atoms with E-state index in [2.05, 4.69) is 0 Å². The fourth-order valence-corrected chi connectivity index (χ4v) is 2.98. The summed E-state index contributed by atoms with van der Waals surface area (Å²) in [5.74, 6) is -0.637. The molecule has 118 valence electrons. The maximum Gasteiger partial charge on any atom is 0.311 e. The number of ether oxygens (including phenoxy) is 1. The van der Waals surface area contributed by atoms with Crippen LogP contribution in [0.1, 0.15) is 59.3 Å². The highest BCUT2D eigenvalue weighted by Crippen LogP contribution is 2.23. The molecule has 0 radical (unpaired) electrons. The maximum atomic E-state index is 11.8. The number of hydrogen-bond donors (Lipinski definition) is 0. The molecule has 1 aliphatic rings. The lowest BCUT2D eigenvalue weighted by Crippen LogP contribution is -2.29. The van der Waals surface area contributed by atoms with E-state index in [1.807, 2.05) is 6.92 Å². The quantitative estimate of drug-likeness (QED) is 0.534. The Morgan fingerprint density at radius 3 is 2.35 bits per heavy atom. The van der Waals surface area contributed by atoms with Crippen molar-refractivity contribution in [3.8, 4) is 0 Å². The molecule has 6 heteroatoms. The molecule has 0 aliphatic heterocycles. The summed E-state index contributed by atoms with van der Waals surface area (Å²) in [6.07, 6.45) is 5.21. The SMILES string of the molecule is CCC(C)(C)C(=O)OCCS(=O)(=O)OC1CCCCC1. The van der Waals surface area contributed by atoms with Crippen molar-refractivity contribution in [1.82, 2.24) is 0 Å². The Kier molecular flexibility index (Phi) is 6.45. The second kappa shape index (κ2) is 7.41. The van der Waals surface area contributed by atoms with Gasteiger partial charge in [-0.3, -0.25) is 8.98 Å². The molecule has 0 heterocycles. The van der Waals surface area contributed by atoms with E-state index in [1.165, 1.54) is 0 Å². The average molecular weight is 306 g/mol. The van der Waals surface area contributed by atoms with E-state index in [0.717, 1.165) is 32.1 Å². The molecule has 1 aliphatic carbocycles. The van der Waals surface area contributed by atoms with Crippen LogP contribution in [0.4, 0.5) is 0 Å². The van der Waals surface area contributed by atoms with Gasteiger partial charge in [0.2, 0.25) is 0 Å². The van der Waals surface area contributed by atoms with Crippen LogP contribution in [0.2, 0.25) is 0 Å². The number of carbonyl (C=O) groups excluding carboxylic acids is 1. The molecule has 1 fully saturated rings. The Balaban J connectivity index is 2.34. The highest BCUT2D eigenvalue weighted by molar-refractivity contribution is 7.86. The van der Waals surface area contributed by atoms with Crippen molar-refractivity contribution >= 4 is 16.1 Å². The minimum Gasteiger partial charge on any atom is -0.464 e. The summed E-state index contributed by atoms with van der Waals surface area (Å²) in [4.78, 5) is 11.7. The molecule has 0 amide bonds. The smallest absolute Gasteiger partial charge is 0.311 e. The van der Waals surface area contributed by atoms with E-state index < -0.39 is 15.5 Å². The van der Waals surface area contributed by atoms with Crippen LogP contribution >= 0.6 is 0 Å². The molecule has 0 aromatic carbocycles. The van der Waals surface area contributed by atoms with Gasteiger partial charge in [0.05, 0.1) is 11.5 Å². The number of esters is 1. The van der Waals surface area contributed by atoms with Gasteiger partial charge in [-0.15, -0.1) is 0 Å². The molecule has 0 atom stereocenters. The summed E-state index contributed by atoms with van der Waals surface area (Å²) < 4.78 is 33.8. The molecule has 1 rings (SSSR count). The van der Waals surface area contributed by atoms with Crippen molar-refractivity contribution in [3.63, 3.8) is 0 Å². The minimum atomic E-state index is -3.61. The van der Waals surface area contributed by atoms with Gasteiger partial charge in [0, 0.05) is 0 Å². The van der Waals surface area contributed by atoms with E-state index in [-0.39, 0.29) is 24.4 Å². The Hall–Kier alpha value is -0.620. The van der Waals surface area contributed by atoms with Crippen LogP contribution < -0.4 is 0 Å². The molecule has 0 aromatic heterocycles. The van der Waals surface area contributed by atoms with Gasteiger partial charge in [0.1, 0.15) is 12.4 Å². The van der Waals surface area contributed by atoms with Crippen LogP contribution in [0.15, 0.2) is 0 Å². The second-order valence-electron chi connectivity index (χ2n) is 5.99. The minimum absolute atomic E-state index is 0.142. The predicted molar refractivity (Wildman–Crippen MR) is 76.8 cm³/mol. The lowest BCUT2D eigenvalue weighted by atomic mass is 9.91. The molecule has 0 spiro atoms. The summed E-state index contributed by atoms with van der Waals surface area (Å²) >= 11 is 0. The zero-order valence-corrected chi connectivity index (χ0v) is 13.5. The Labute approximate surface area is 122 Å². The third-order valence-corrected chi connectivity index (χ3v) is 5.07. The van der Waals surface area contributed by atoms with Crippen molar-refractivity contribution in [2.24, 2.45) is 5.41 Å². The third kappa shape index (κ3) is 5.79. The van der Waals surface area contributed by atoms with E-state index in [9.17, 15) is 13.2 Å². The van der Waals surface area contributed by atoms with Crippen molar-refractivity contribution in [2.75, 3.05) is 12.4 Å².